The van der Waals surface area contributed by atoms with Crippen LogP contribution in [0.2, 0.25) is 5.02 Å². The van der Waals surface area contributed by atoms with E-state index in [2.05, 4.69) is 5.16 Å². The smallest absolute Gasteiger partial charge is 0.301 e. The number of hydrogen-bond acceptors (Lipinski definition) is 7. The third kappa shape index (κ3) is 3.51. The molecule has 0 radical (unpaired) electrons. The Kier molecular flexibility index (Phi) is 5.16. The van der Waals surface area contributed by atoms with Crippen molar-refractivity contribution in [3.8, 4) is 11.5 Å². The number of carbonyl (C=O) groups is 2. The first-order chi connectivity index (χ1) is 14.8. The molecule has 1 amide bonds. The van der Waals surface area contributed by atoms with E-state index in [0.717, 1.165) is 4.90 Å². The fourth-order valence-electron chi connectivity index (χ4n) is 3.48. The molecule has 1 aliphatic heterocycles. The molecule has 1 fully saturated rings. The Morgan fingerprint density at radius 3 is 2.45 bits per heavy atom. The standard InChI is InChI=1S/C22H17ClN2O6/c1-11-9-17(24-31-11)25-19(12-3-6-14(26)7-4-12)18(21(28)22(25)29)20(27)13-5-8-16(30-2)15(23)10-13/h3-10,19,26-27H,1-2H3/b20-18+. The lowest BCUT2D eigenvalue weighted by Crippen LogP contribution is -2.29. The third-order valence-electron chi connectivity index (χ3n) is 4.94. The van der Waals surface area contributed by atoms with Crippen LogP contribution in [0.3, 0.4) is 0 Å². The van der Waals surface area contributed by atoms with Gasteiger partial charge in [-0.1, -0.05) is 28.9 Å². The van der Waals surface area contributed by atoms with Crippen molar-refractivity contribution in [2.45, 2.75) is 13.0 Å². The van der Waals surface area contributed by atoms with Gasteiger partial charge in [0.1, 0.15) is 23.0 Å². The first-order valence-electron chi connectivity index (χ1n) is 9.19. The van der Waals surface area contributed by atoms with Crippen molar-refractivity contribution < 1.29 is 29.1 Å². The molecule has 2 N–H and O–H groups in total. The van der Waals surface area contributed by atoms with Crippen molar-refractivity contribution in [2.75, 3.05) is 12.0 Å². The fourth-order valence-corrected chi connectivity index (χ4v) is 3.73. The van der Waals surface area contributed by atoms with Gasteiger partial charge in [-0.25, -0.2) is 0 Å². The van der Waals surface area contributed by atoms with Gasteiger partial charge in [0.05, 0.1) is 23.7 Å². The normalized spacial score (nSPS) is 17.9. The summed E-state index contributed by atoms with van der Waals surface area (Å²) in [4.78, 5) is 27.1. The van der Waals surface area contributed by atoms with E-state index in [0.29, 0.717) is 17.1 Å². The maximum absolute atomic E-state index is 13.0. The second kappa shape index (κ2) is 7.81. The van der Waals surface area contributed by atoms with Gasteiger partial charge >= 0.3 is 5.91 Å². The topological polar surface area (TPSA) is 113 Å². The summed E-state index contributed by atoms with van der Waals surface area (Å²) in [5.74, 6) is -1.17. The van der Waals surface area contributed by atoms with Crippen LogP contribution in [0.5, 0.6) is 11.5 Å². The Morgan fingerprint density at radius 1 is 1.16 bits per heavy atom. The van der Waals surface area contributed by atoms with Gasteiger partial charge < -0.3 is 19.5 Å². The van der Waals surface area contributed by atoms with Crippen LogP contribution in [0, 0.1) is 6.92 Å². The predicted octanol–water partition coefficient (Wildman–Crippen LogP) is 3.98. The van der Waals surface area contributed by atoms with Crippen LogP contribution < -0.4 is 9.64 Å². The van der Waals surface area contributed by atoms with E-state index in [4.69, 9.17) is 20.9 Å². The SMILES string of the molecule is COc1ccc(/C(O)=C2\C(=O)C(=O)N(c3cc(C)on3)C2c2ccc(O)cc2)cc1Cl. The molecule has 1 unspecified atom stereocenters. The number of ether oxygens (including phenoxy) is 1. The number of aliphatic hydroxyl groups excluding tert-OH is 1. The molecule has 8 nitrogen and oxygen atoms in total. The number of ketones is 1. The van der Waals surface area contributed by atoms with Gasteiger partial charge in [-0.3, -0.25) is 14.5 Å². The highest BCUT2D eigenvalue weighted by molar-refractivity contribution is 6.51. The number of aromatic nitrogens is 1. The Labute approximate surface area is 181 Å². The average molecular weight is 441 g/mol. The van der Waals surface area contributed by atoms with E-state index in [-0.39, 0.29) is 27.7 Å². The predicted molar refractivity (Wildman–Crippen MR) is 112 cm³/mol. The van der Waals surface area contributed by atoms with Gasteiger partial charge in [0.15, 0.2) is 5.82 Å². The maximum atomic E-state index is 13.0. The average Bonchev–Trinajstić information content (AvgIpc) is 3.29. The third-order valence-corrected chi connectivity index (χ3v) is 5.24. The molecule has 1 aromatic heterocycles. The van der Waals surface area contributed by atoms with Crippen molar-refractivity contribution in [1.29, 1.82) is 0 Å². The van der Waals surface area contributed by atoms with Gasteiger partial charge in [-0.2, -0.15) is 0 Å². The lowest BCUT2D eigenvalue weighted by atomic mass is 9.95. The summed E-state index contributed by atoms with van der Waals surface area (Å²) in [6.45, 7) is 1.65. The highest BCUT2D eigenvalue weighted by atomic mass is 35.5. The molecule has 0 saturated carbocycles. The molecule has 158 valence electrons. The highest BCUT2D eigenvalue weighted by Crippen LogP contribution is 2.42. The fraction of sp³-hybridized carbons (Fsp3) is 0.136. The van der Waals surface area contributed by atoms with Gasteiger partial charge in [0.25, 0.3) is 5.78 Å². The Morgan fingerprint density at radius 2 is 1.87 bits per heavy atom. The molecule has 2 heterocycles. The summed E-state index contributed by atoms with van der Waals surface area (Å²) in [5, 5.41) is 24.8. The first kappa shape index (κ1) is 20.5. The lowest BCUT2D eigenvalue weighted by molar-refractivity contribution is -0.132. The van der Waals surface area contributed by atoms with Crippen LogP contribution in [-0.4, -0.2) is 34.2 Å². The molecule has 0 aliphatic carbocycles. The highest BCUT2D eigenvalue weighted by Gasteiger charge is 2.48. The Hall–Kier alpha value is -3.78. The van der Waals surface area contributed by atoms with E-state index >= 15 is 0 Å². The molecule has 0 bridgehead atoms. The first-order valence-corrected chi connectivity index (χ1v) is 9.56. The number of carbonyl (C=O) groups excluding carboxylic acids is 2. The Bertz CT molecular complexity index is 1210. The number of anilines is 1. The number of aliphatic hydroxyl groups is 1. The number of aryl methyl sites for hydroxylation is 1. The largest absolute Gasteiger partial charge is 0.508 e. The number of halogens is 1. The molecule has 2 aromatic carbocycles. The van der Waals surface area contributed by atoms with Crippen molar-refractivity contribution in [3.63, 3.8) is 0 Å². The van der Waals surface area contributed by atoms with Crippen molar-refractivity contribution in [1.82, 2.24) is 5.16 Å². The molecule has 3 aromatic rings. The zero-order valence-electron chi connectivity index (χ0n) is 16.5. The number of hydrogen-bond donors (Lipinski definition) is 2. The zero-order chi connectivity index (χ0) is 22.3. The minimum atomic E-state index is -0.994. The number of rotatable bonds is 4. The quantitative estimate of drug-likeness (QED) is 0.358. The number of phenolic OH excluding ortho intramolecular Hbond substituents is 1. The Balaban J connectivity index is 1.93. The van der Waals surface area contributed by atoms with Crippen LogP contribution in [-0.2, 0) is 9.59 Å². The maximum Gasteiger partial charge on any atom is 0.301 e. The number of aromatic hydroxyl groups is 1. The van der Waals surface area contributed by atoms with Crippen LogP contribution >= 0.6 is 11.6 Å². The number of nitrogens with zero attached hydrogens (tertiary/aromatic N) is 2. The number of benzene rings is 2. The van der Waals surface area contributed by atoms with E-state index in [1.165, 1.54) is 37.4 Å². The van der Waals surface area contributed by atoms with Crippen LogP contribution in [0.1, 0.15) is 22.9 Å². The van der Waals surface area contributed by atoms with Crippen LogP contribution in [0.25, 0.3) is 5.76 Å². The lowest BCUT2D eigenvalue weighted by Gasteiger charge is -2.22. The molecule has 9 heteroatoms. The van der Waals surface area contributed by atoms with Gasteiger partial charge in [0, 0.05) is 11.6 Å². The second-order valence-corrected chi connectivity index (χ2v) is 7.31. The molecule has 31 heavy (non-hydrogen) atoms. The number of phenols is 1. The van der Waals surface area contributed by atoms with Gasteiger partial charge in [-0.15, -0.1) is 0 Å². The molecule has 1 atom stereocenters. The molecule has 4 rings (SSSR count). The van der Waals surface area contributed by atoms with Crippen molar-refractivity contribution in [2.24, 2.45) is 0 Å². The monoisotopic (exact) mass is 440 g/mol. The number of methoxy groups -OCH3 is 1. The van der Waals surface area contributed by atoms with E-state index in [1.807, 2.05) is 0 Å². The van der Waals surface area contributed by atoms with Crippen LogP contribution in [0.15, 0.2) is 58.6 Å². The van der Waals surface area contributed by atoms with E-state index in [9.17, 15) is 19.8 Å². The van der Waals surface area contributed by atoms with E-state index < -0.39 is 23.5 Å². The summed E-state index contributed by atoms with van der Waals surface area (Å²) >= 11 is 6.17. The minimum absolute atomic E-state index is 0.0138. The van der Waals surface area contributed by atoms with Crippen molar-refractivity contribution in [3.05, 3.63) is 76.0 Å². The second-order valence-electron chi connectivity index (χ2n) is 6.91. The summed E-state index contributed by atoms with van der Waals surface area (Å²) in [6, 6.07) is 11.0. The molecule has 1 aliphatic rings. The van der Waals surface area contributed by atoms with Crippen LogP contribution in [0.4, 0.5) is 5.82 Å². The zero-order valence-corrected chi connectivity index (χ0v) is 17.3. The van der Waals surface area contributed by atoms with E-state index in [1.54, 1.807) is 25.1 Å². The minimum Gasteiger partial charge on any atom is -0.508 e. The molecular formula is C22H17ClN2O6. The summed E-state index contributed by atoms with van der Waals surface area (Å²) in [5.41, 5.74) is 0.584. The summed E-state index contributed by atoms with van der Waals surface area (Å²) in [7, 11) is 1.46. The molecule has 0 spiro atoms. The number of amides is 1. The molecule has 1 saturated heterocycles. The number of Topliss-reactive ketones (excluding diaryl/α,β-unsaturated/α-hetero) is 1. The van der Waals surface area contributed by atoms with Gasteiger partial charge in [-0.05, 0) is 42.8 Å². The van der Waals surface area contributed by atoms with Gasteiger partial charge in [0.2, 0.25) is 0 Å². The summed E-state index contributed by atoms with van der Waals surface area (Å²) in [6.07, 6.45) is 0. The summed E-state index contributed by atoms with van der Waals surface area (Å²) < 4.78 is 10.2. The molecular weight excluding hydrogens is 424 g/mol. The van der Waals surface area contributed by atoms with Crippen molar-refractivity contribution >= 4 is 34.9 Å².